The van der Waals surface area contributed by atoms with Gasteiger partial charge in [-0.3, -0.25) is 0 Å². The van der Waals surface area contributed by atoms with Crippen molar-refractivity contribution in [1.29, 1.82) is 0 Å². The summed E-state index contributed by atoms with van der Waals surface area (Å²) in [6.07, 6.45) is 0.224. The van der Waals surface area contributed by atoms with E-state index >= 15 is 0 Å². The lowest BCUT2D eigenvalue weighted by atomic mass is 10.2. The molecule has 0 aliphatic rings. The number of rotatable bonds is 4. The van der Waals surface area contributed by atoms with E-state index in [9.17, 15) is 9.18 Å². The lowest BCUT2D eigenvalue weighted by Crippen LogP contribution is -2.32. The largest absolute Gasteiger partial charge is 0.465 e. The molecule has 1 amide bonds. The number of pyridine rings is 1. The Morgan fingerprint density at radius 2 is 2.37 bits per heavy atom. The molecule has 2 rings (SSSR count). The maximum atomic E-state index is 12.7. The Morgan fingerprint density at radius 3 is 3.00 bits per heavy atom. The van der Waals surface area contributed by atoms with Crippen LogP contribution in [0.15, 0.2) is 22.9 Å². The predicted octanol–water partition coefficient (Wildman–Crippen LogP) is 1.47. The summed E-state index contributed by atoms with van der Waals surface area (Å²) in [6, 6.07) is 2.32. The number of carboxylic acid groups (broad SMARTS) is 1. The van der Waals surface area contributed by atoms with Crippen LogP contribution in [0, 0.1) is 5.82 Å². The molecular weight excluding hydrogens is 255 g/mol. The van der Waals surface area contributed by atoms with Crippen LogP contribution in [-0.2, 0) is 6.42 Å². The van der Waals surface area contributed by atoms with E-state index in [0.29, 0.717) is 11.5 Å². The summed E-state index contributed by atoms with van der Waals surface area (Å²) in [4.78, 5) is 18.3. The number of amides is 1. The number of halogens is 1. The highest BCUT2D eigenvalue weighted by molar-refractivity contribution is 5.64. The minimum absolute atomic E-state index is 0.164. The van der Waals surface area contributed by atoms with Crippen molar-refractivity contribution in [2.75, 3.05) is 0 Å². The summed E-state index contributed by atoms with van der Waals surface area (Å²) in [6.45, 7) is 1.68. The lowest BCUT2D eigenvalue weighted by molar-refractivity contribution is 0.190. The van der Waals surface area contributed by atoms with Crippen molar-refractivity contribution in [2.24, 2.45) is 0 Å². The molecule has 0 saturated carbocycles. The topological polar surface area (TPSA) is 101 Å². The van der Waals surface area contributed by atoms with E-state index in [-0.39, 0.29) is 18.4 Å². The molecule has 0 radical (unpaired) electrons. The van der Waals surface area contributed by atoms with Gasteiger partial charge in [-0.25, -0.2) is 14.2 Å². The number of aromatic nitrogens is 3. The number of hydrogen-bond acceptors (Lipinski definition) is 5. The minimum atomic E-state index is -1.11. The molecule has 0 bridgehead atoms. The summed E-state index contributed by atoms with van der Waals surface area (Å²) in [5.74, 6) is 0.0580. The zero-order chi connectivity index (χ0) is 13.8. The Morgan fingerprint density at radius 1 is 1.58 bits per heavy atom. The maximum absolute atomic E-state index is 12.7. The summed E-state index contributed by atoms with van der Waals surface area (Å²) >= 11 is 0. The van der Waals surface area contributed by atoms with Gasteiger partial charge in [-0.1, -0.05) is 5.16 Å². The molecule has 8 heteroatoms. The van der Waals surface area contributed by atoms with Crippen molar-refractivity contribution < 1.29 is 18.8 Å². The fourth-order valence-corrected chi connectivity index (χ4v) is 1.48. The molecule has 0 spiro atoms. The highest BCUT2D eigenvalue weighted by Crippen LogP contribution is 2.14. The molecule has 0 aliphatic heterocycles. The normalized spacial score (nSPS) is 12.1. The van der Waals surface area contributed by atoms with Gasteiger partial charge >= 0.3 is 6.09 Å². The second-order valence-electron chi connectivity index (χ2n) is 3.93. The third kappa shape index (κ3) is 3.47. The van der Waals surface area contributed by atoms with Crippen LogP contribution in [0.2, 0.25) is 0 Å². The first-order chi connectivity index (χ1) is 9.04. The number of carbonyl (C=O) groups is 1. The van der Waals surface area contributed by atoms with Crippen LogP contribution >= 0.6 is 0 Å². The molecule has 0 unspecified atom stereocenters. The third-order valence-corrected chi connectivity index (χ3v) is 2.27. The van der Waals surface area contributed by atoms with Crippen LogP contribution in [0.3, 0.4) is 0 Å². The SMILES string of the molecule is C[C@@H](Cc1noc(-c2ccc(F)cn2)n1)NC(=O)O. The first-order valence-electron chi connectivity index (χ1n) is 5.48. The molecule has 1 atom stereocenters. The van der Waals surface area contributed by atoms with E-state index in [1.54, 1.807) is 6.92 Å². The van der Waals surface area contributed by atoms with Crippen LogP contribution in [0.4, 0.5) is 9.18 Å². The van der Waals surface area contributed by atoms with Crippen LogP contribution in [-0.4, -0.2) is 32.4 Å². The van der Waals surface area contributed by atoms with Gasteiger partial charge in [-0.15, -0.1) is 0 Å². The van der Waals surface area contributed by atoms with Crippen LogP contribution < -0.4 is 5.32 Å². The van der Waals surface area contributed by atoms with Gasteiger partial charge in [0.15, 0.2) is 5.82 Å². The van der Waals surface area contributed by atoms with E-state index in [1.165, 1.54) is 12.1 Å². The molecular formula is C11H11FN4O3. The van der Waals surface area contributed by atoms with Crippen molar-refractivity contribution in [3.05, 3.63) is 30.0 Å². The average molecular weight is 266 g/mol. The van der Waals surface area contributed by atoms with Crippen molar-refractivity contribution in [1.82, 2.24) is 20.4 Å². The van der Waals surface area contributed by atoms with Crippen LogP contribution in [0.1, 0.15) is 12.7 Å². The molecule has 19 heavy (non-hydrogen) atoms. The Bertz CT molecular complexity index is 570. The van der Waals surface area contributed by atoms with Gasteiger partial charge in [0.1, 0.15) is 11.5 Å². The molecule has 2 heterocycles. The van der Waals surface area contributed by atoms with Gasteiger partial charge in [0.2, 0.25) is 0 Å². The number of nitrogens with zero attached hydrogens (tertiary/aromatic N) is 3. The Balaban J connectivity index is 2.06. The van der Waals surface area contributed by atoms with E-state index in [4.69, 9.17) is 9.63 Å². The highest BCUT2D eigenvalue weighted by atomic mass is 19.1. The second kappa shape index (κ2) is 5.42. The van der Waals surface area contributed by atoms with Crippen molar-refractivity contribution in [3.8, 4) is 11.6 Å². The standard InChI is InChI=1S/C11H11FN4O3/c1-6(14-11(17)18)4-9-15-10(19-16-9)8-3-2-7(12)5-13-8/h2-3,5-6,14H,4H2,1H3,(H,17,18)/t6-/m0/s1. The molecule has 7 nitrogen and oxygen atoms in total. The molecule has 2 N–H and O–H groups in total. The smallest absolute Gasteiger partial charge is 0.404 e. The summed E-state index contributed by atoms with van der Waals surface area (Å²) in [7, 11) is 0. The quantitative estimate of drug-likeness (QED) is 0.868. The van der Waals surface area contributed by atoms with E-state index in [1.807, 2.05) is 0 Å². The van der Waals surface area contributed by atoms with Crippen LogP contribution in [0.5, 0.6) is 0 Å². The summed E-state index contributed by atoms with van der Waals surface area (Å²) in [5, 5.41) is 14.5. The van der Waals surface area contributed by atoms with E-state index < -0.39 is 11.9 Å². The number of hydrogen-bond donors (Lipinski definition) is 2. The Hall–Kier alpha value is -2.51. The van der Waals surface area contributed by atoms with Crippen molar-refractivity contribution >= 4 is 6.09 Å². The van der Waals surface area contributed by atoms with Gasteiger partial charge in [-0.2, -0.15) is 4.98 Å². The second-order valence-corrected chi connectivity index (χ2v) is 3.93. The first-order valence-corrected chi connectivity index (χ1v) is 5.48. The van der Waals surface area contributed by atoms with E-state index in [0.717, 1.165) is 6.20 Å². The molecule has 0 fully saturated rings. The van der Waals surface area contributed by atoms with Gasteiger partial charge < -0.3 is 14.9 Å². The lowest BCUT2D eigenvalue weighted by Gasteiger charge is -2.07. The molecule has 0 aromatic carbocycles. The van der Waals surface area contributed by atoms with Crippen molar-refractivity contribution in [2.45, 2.75) is 19.4 Å². The van der Waals surface area contributed by atoms with Gasteiger partial charge in [-0.05, 0) is 19.1 Å². The van der Waals surface area contributed by atoms with Crippen molar-refractivity contribution in [3.63, 3.8) is 0 Å². The molecule has 2 aromatic heterocycles. The molecule has 0 saturated heterocycles. The molecule has 2 aromatic rings. The summed E-state index contributed by atoms with van der Waals surface area (Å²) in [5.41, 5.74) is 0.360. The maximum Gasteiger partial charge on any atom is 0.404 e. The van der Waals surface area contributed by atoms with Crippen LogP contribution in [0.25, 0.3) is 11.6 Å². The van der Waals surface area contributed by atoms with Gasteiger partial charge in [0.05, 0.1) is 6.20 Å². The highest BCUT2D eigenvalue weighted by Gasteiger charge is 2.13. The summed E-state index contributed by atoms with van der Waals surface area (Å²) < 4.78 is 17.7. The number of nitrogens with one attached hydrogen (secondary N) is 1. The monoisotopic (exact) mass is 266 g/mol. The molecule has 100 valence electrons. The zero-order valence-electron chi connectivity index (χ0n) is 10.00. The molecule has 0 aliphatic carbocycles. The van der Waals surface area contributed by atoms with Gasteiger partial charge in [0.25, 0.3) is 5.89 Å². The fraction of sp³-hybridized carbons (Fsp3) is 0.273. The minimum Gasteiger partial charge on any atom is -0.465 e. The first kappa shape index (κ1) is 12.9. The Kier molecular flexibility index (Phi) is 3.69. The van der Waals surface area contributed by atoms with Gasteiger partial charge in [0, 0.05) is 12.5 Å². The average Bonchev–Trinajstić information content (AvgIpc) is 2.77. The van der Waals surface area contributed by atoms with E-state index in [2.05, 4.69) is 20.4 Å². The zero-order valence-corrected chi connectivity index (χ0v) is 10.00. The third-order valence-electron chi connectivity index (χ3n) is 2.27. The Labute approximate surface area is 107 Å². The fourth-order valence-electron chi connectivity index (χ4n) is 1.48. The predicted molar refractivity (Wildman–Crippen MR) is 61.8 cm³/mol.